The molecule has 0 saturated heterocycles. The van der Waals surface area contributed by atoms with E-state index < -0.39 is 5.97 Å². The second-order valence-electron chi connectivity index (χ2n) is 5.09. The minimum Gasteiger partial charge on any atom is -0.480 e. The zero-order valence-corrected chi connectivity index (χ0v) is 13.1. The number of nitrogens with one attached hydrogen (secondary N) is 1. The number of hydrogen-bond acceptors (Lipinski definition) is 4. The van der Waals surface area contributed by atoms with Crippen LogP contribution in [0.2, 0.25) is 0 Å². The second-order valence-corrected chi connectivity index (χ2v) is 5.09. The first-order chi connectivity index (χ1) is 11.0. The minimum atomic E-state index is -1.03. The highest BCUT2D eigenvalue weighted by atomic mass is 16.5. The van der Waals surface area contributed by atoms with E-state index in [9.17, 15) is 9.59 Å². The number of aryl methyl sites for hydroxylation is 2. The fraction of sp³-hybridized carbons (Fsp3) is 0.312. The maximum Gasteiger partial charge on any atom is 0.329 e. The van der Waals surface area contributed by atoms with Crippen LogP contribution in [-0.4, -0.2) is 46.5 Å². The topological polar surface area (TPSA) is 93.5 Å². The van der Waals surface area contributed by atoms with Gasteiger partial charge in [-0.1, -0.05) is 0 Å². The van der Waals surface area contributed by atoms with Crippen LogP contribution in [0.3, 0.4) is 0 Å². The van der Waals surface area contributed by atoms with Crippen LogP contribution in [0.15, 0.2) is 30.3 Å². The number of hydrogen-bond donors (Lipinski definition) is 2. The summed E-state index contributed by atoms with van der Waals surface area (Å²) in [6.07, 6.45) is 0. The molecule has 0 bridgehead atoms. The van der Waals surface area contributed by atoms with E-state index in [-0.39, 0.29) is 25.7 Å². The Kier molecular flexibility index (Phi) is 5.48. The summed E-state index contributed by atoms with van der Waals surface area (Å²) in [7, 11) is 0. The fourth-order valence-corrected chi connectivity index (χ4v) is 2.14. The normalized spacial score (nSPS) is 10.5. The Hall–Kier alpha value is -2.67. The number of carbonyl (C=O) groups excluding carboxylic acids is 1. The van der Waals surface area contributed by atoms with Gasteiger partial charge < -0.3 is 15.2 Å². The summed E-state index contributed by atoms with van der Waals surface area (Å²) in [4.78, 5) is 22.2. The van der Waals surface area contributed by atoms with E-state index >= 15 is 0 Å². The Bertz CT molecular complexity index is 692. The lowest BCUT2D eigenvalue weighted by molar-refractivity contribution is -0.142. The summed E-state index contributed by atoms with van der Waals surface area (Å²) >= 11 is 0. The van der Waals surface area contributed by atoms with Crippen molar-refractivity contribution < 1.29 is 19.4 Å². The van der Waals surface area contributed by atoms with Gasteiger partial charge in [-0.3, -0.25) is 4.79 Å². The van der Waals surface area contributed by atoms with Gasteiger partial charge in [-0.15, -0.1) is 0 Å². The molecule has 23 heavy (non-hydrogen) atoms. The molecule has 1 heterocycles. The molecule has 0 aliphatic heterocycles. The molecule has 0 fully saturated rings. The number of carboxylic acid groups (broad SMARTS) is 1. The molecule has 0 spiro atoms. The number of carbonyl (C=O) groups is 2. The lowest BCUT2D eigenvalue weighted by Gasteiger charge is -2.07. The quantitative estimate of drug-likeness (QED) is 0.751. The number of rotatable bonds is 7. The number of amides is 1. The first kappa shape index (κ1) is 16.7. The van der Waals surface area contributed by atoms with Crippen molar-refractivity contribution in [3.05, 3.63) is 47.3 Å². The molecule has 0 unspecified atom stereocenters. The van der Waals surface area contributed by atoms with Crippen molar-refractivity contribution in [1.82, 2.24) is 15.1 Å². The van der Waals surface area contributed by atoms with Gasteiger partial charge in [0.2, 0.25) is 0 Å². The van der Waals surface area contributed by atoms with Gasteiger partial charge in [-0.25, -0.2) is 9.48 Å². The number of benzene rings is 1. The fourth-order valence-electron chi connectivity index (χ4n) is 2.14. The Morgan fingerprint density at radius 2 is 1.96 bits per heavy atom. The Labute approximate surface area is 133 Å². The van der Waals surface area contributed by atoms with Crippen LogP contribution in [-0.2, 0) is 9.53 Å². The highest BCUT2D eigenvalue weighted by Crippen LogP contribution is 2.13. The first-order valence-electron chi connectivity index (χ1n) is 7.19. The lowest BCUT2D eigenvalue weighted by Crippen LogP contribution is -2.27. The molecule has 2 aromatic rings. The molecule has 1 aromatic carbocycles. The summed E-state index contributed by atoms with van der Waals surface area (Å²) < 4.78 is 6.66. The van der Waals surface area contributed by atoms with Crippen LogP contribution in [0.1, 0.15) is 21.7 Å². The lowest BCUT2D eigenvalue weighted by atomic mass is 10.2. The van der Waals surface area contributed by atoms with Crippen molar-refractivity contribution in [2.45, 2.75) is 13.8 Å². The highest BCUT2D eigenvalue weighted by molar-refractivity contribution is 5.94. The van der Waals surface area contributed by atoms with Gasteiger partial charge in [0, 0.05) is 17.8 Å². The van der Waals surface area contributed by atoms with Crippen LogP contribution in [0.4, 0.5) is 0 Å². The molecule has 1 aromatic heterocycles. The van der Waals surface area contributed by atoms with E-state index in [0.29, 0.717) is 5.56 Å². The summed E-state index contributed by atoms with van der Waals surface area (Å²) in [6, 6.07) is 9.08. The van der Waals surface area contributed by atoms with Crippen molar-refractivity contribution in [3.63, 3.8) is 0 Å². The third-order valence-corrected chi connectivity index (χ3v) is 3.14. The largest absolute Gasteiger partial charge is 0.480 e. The maximum atomic E-state index is 12.0. The van der Waals surface area contributed by atoms with Gasteiger partial charge in [-0.2, -0.15) is 5.10 Å². The highest BCUT2D eigenvalue weighted by Gasteiger charge is 2.07. The van der Waals surface area contributed by atoms with Crippen molar-refractivity contribution in [2.75, 3.05) is 19.8 Å². The molecule has 0 aliphatic rings. The molecule has 2 N–H and O–H groups in total. The predicted molar refractivity (Wildman–Crippen MR) is 83.8 cm³/mol. The van der Waals surface area contributed by atoms with E-state index in [2.05, 4.69) is 10.4 Å². The third kappa shape index (κ3) is 4.65. The molecule has 0 atom stereocenters. The SMILES string of the molecule is Cc1cc(C)n(-c2ccc(C(=O)NCCOCC(=O)O)cc2)n1. The van der Waals surface area contributed by atoms with Gasteiger partial charge in [0.25, 0.3) is 5.91 Å². The molecular weight excluding hydrogens is 298 g/mol. The van der Waals surface area contributed by atoms with Crippen LogP contribution >= 0.6 is 0 Å². The summed E-state index contributed by atoms with van der Waals surface area (Å²) in [6.45, 7) is 3.94. The number of aromatic nitrogens is 2. The molecule has 7 heteroatoms. The minimum absolute atomic E-state index is 0.155. The number of nitrogens with zero attached hydrogens (tertiary/aromatic N) is 2. The number of aliphatic carboxylic acids is 1. The van der Waals surface area contributed by atoms with E-state index in [1.807, 2.05) is 36.7 Å². The maximum absolute atomic E-state index is 12.0. The molecule has 7 nitrogen and oxygen atoms in total. The Morgan fingerprint density at radius 3 is 2.52 bits per heavy atom. The van der Waals surface area contributed by atoms with Crippen LogP contribution in [0.25, 0.3) is 5.69 Å². The average Bonchev–Trinajstić information content (AvgIpc) is 2.85. The van der Waals surface area contributed by atoms with E-state index in [0.717, 1.165) is 17.1 Å². The van der Waals surface area contributed by atoms with Crippen molar-refractivity contribution in [3.8, 4) is 5.69 Å². The molecule has 0 aliphatic carbocycles. The number of carboxylic acids is 1. The van der Waals surface area contributed by atoms with Gasteiger partial charge in [0.1, 0.15) is 6.61 Å². The Morgan fingerprint density at radius 1 is 1.26 bits per heavy atom. The van der Waals surface area contributed by atoms with Crippen molar-refractivity contribution >= 4 is 11.9 Å². The summed E-state index contributed by atoms with van der Waals surface area (Å²) in [5, 5.41) is 15.5. The van der Waals surface area contributed by atoms with Gasteiger partial charge in [0.05, 0.1) is 18.0 Å². The molecular formula is C16H19N3O4. The van der Waals surface area contributed by atoms with Gasteiger partial charge >= 0.3 is 5.97 Å². The van der Waals surface area contributed by atoms with Crippen LogP contribution < -0.4 is 5.32 Å². The van der Waals surface area contributed by atoms with Crippen LogP contribution in [0, 0.1) is 13.8 Å². The smallest absolute Gasteiger partial charge is 0.329 e. The Balaban J connectivity index is 1.90. The molecule has 2 rings (SSSR count). The monoisotopic (exact) mass is 317 g/mol. The zero-order chi connectivity index (χ0) is 16.8. The van der Waals surface area contributed by atoms with Crippen LogP contribution in [0.5, 0.6) is 0 Å². The van der Waals surface area contributed by atoms with E-state index in [4.69, 9.17) is 9.84 Å². The summed E-state index contributed by atoms with van der Waals surface area (Å²) in [5.74, 6) is -1.26. The summed E-state index contributed by atoms with van der Waals surface area (Å²) in [5.41, 5.74) is 3.37. The molecule has 0 saturated carbocycles. The van der Waals surface area contributed by atoms with E-state index in [1.54, 1.807) is 12.1 Å². The molecule has 122 valence electrons. The molecule has 0 radical (unpaired) electrons. The third-order valence-electron chi connectivity index (χ3n) is 3.14. The molecule has 1 amide bonds. The predicted octanol–water partition coefficient (Wildman–Crippen LogP) is 1.32. The number of ether oxygens (including phenoxy) is 1. The second kappa shape index (κ2) is 7.55. The van der Waals surface area contributed by atoms with Crippen molar-refractivity contribution in [2.24, 2.45) is 0 Å². The van der Waals surface area contributed by atoms with Gasteiger partial charge in [0.15, 0.2) is 0 Å². The van der Waals surface area contributed by atoms with E-state index in [1.165, 1.54) is 0 Å². The standard InChI is InChI=1S/C16H19N3O4/c1-11-9-12(2)19(18-11)14-5-3-13(4-6-14)16(22)17-7-8-23-10-15(20)21/h3-6,9H,7-8,10H2,1-2H3,(H,17,22)(H,20,21). The van der Waals surface area contributed by atoms with Crippen molar-refractivity contribution in [1.29, 1.82) is 0 Å². The first-order valence-corrected chi connectivity index (χ1v) is 7.19. The zero-order valence-electron chi connectivity index (χ0n) is 13.1. The average molecular weight is 317 g/mol. The van der Waals surface area contributed by atoms with Gasteiger partial charge in [-0.05, 0) is 44.2 Å².